The number of hydrogen-bond donors (Lipinski definition) is 0. The lowest BCUT2D eigenvalue weighted by Gasteiger charge is -1.98. The van der Waals surface area contributed by atoms with Crippen molar-refractivity contribution in [1.82, 2.24) is 4.98 Å². The largest absolute Gasteiger partial charge is 0.466 e. The van der Waals surface area contributed by atoms with Crippen LogP contribution in [0.2, 0.25) is 0 Å². The van der Waals surface area contributed by atoms with Crippen LogP contribution in [0.4, 0.5) is 4.39 Å². The Bertz CT molecular complexity index is 359. The summed E-state index contributed by atoms with van der Waals surface area (Å²) in [7, 11) is 1.26. The van der Waals surface area contributed by atoms with Gasteiger partial charge in [0.25, 0.3) is 0 Å². The Labute approximate surface area is 94.1 Å². The third-order valence-corrected chi connectivity index (χ3v) is 2.42. The number of nitrogens with zero attached hydrogens (tertiary/aromatic N) is 1. The van der Waals surface area contributed by atoms with Gasteiger partial charge in [-0.2, -0.15) is 4.39 Å². The summed E-state index contributed by atoms with van der Waals surface area (Å²) in [6.45, 7) is 0. The molecule has 74 valence electrons. The first-order valence-electron chi connectivity index (χ1n) is 3.71. The zero-order valence-corrected chi connectivity index (χ0v) is 9.49. The summed E-state index contributed by atoms with van der Waals surface area (Å²) in [6, 6.07) is 1.65. The average molecular weight is 307 g/mol. The zero-order valence-electron chi connectivity index (χ0n) is 7.33. The Hall–Kier alpha value is -0.980. The molecule has 0 fully saturated rings. The molecule has 14 heavy (non-hydrogen) atoms. The smallest absolute Gasteiger partial charge is 0.330 e. The van der Waals surface area contributed by atoms with Crippen LogP contribution in [0.5, 0.6) is 0 Å². The molecule has 1 aromatic heterocycles. The second-order valence-corrected chi connectivity index (χ2v) is 3.52. The van der Waals surface area contributed by atoms with Crippen LogP contribution >= 0.6 is 22.6 Å². The maximum atomic E-state index is 13.1. The number of hydrogen-bond acceptors (Lipinski definition) is 3. The van der Waals surface area contributed by atoms with E-state index in [9.17, 15) is 9.18 Å². The molecule has 0 saturated carbocycles. The van der Waals surface area contributed by atoms with E-state index in [2.05, 4.69) is 9.72 Å². The van der Waals surface area contributed by atoms with Gasteiger partial charge in [-0.25, -0.2) is 9.78 Å². The van der Waals surface area contributed by atoms with E-state index in [0.29, 0.717) is 9.13 Å². The monoisotopic (exact) mass is 307 g/mol. The molecule has 0 aliphatic carbocycles. The van der Waals surface area contributed by atoms with Crippen LogP contribution in [0, 0.1) is 9.52 Å². The van der Waals surface area contributed by atoms with E-state index in [1.165, 1.54) is 19.4 Å². The van der Waals surface area contributed by atoms with Gasteiger partial charge in [-0.3, -0.25) is 0 Å². The third-order valence-electron chi connectivity index (χ3n) is 1.48. The maximum absolute atomic E-state index is 13.1. The molecule has 0 amide bonds. The fraction of sp³-hybridized carbons (Fsp3) is 0.111. The highest BCUT2D eigenvalue weighted by molar-refractivity contribution is 14.1. The number of ether oxygens (including phenoxy) is 1. The first-order valence-corrected chi connectivity index (χ1v) is 4.79. The summed E-state index contributed by atoms with van der Waals surface area (Å²) >= 11 is 1.96. The molecule has 5 heteroatoms. The van der Waals surface area contributed by atoms with Gasteiger partial charge in [-0.05, 0) is 34.7 Å². The van der Waals surface area contributed by atoms with E-state index in [1.54, 1.807) is 6.07 Å². The van der Waals surface area contributed by atoms with E-state index in [-0.39, 0.29) is 0 Å². The van der Waals surface area contributed by atoms with Gasteiger partial charge in [0.2, 0.25) is 5.95 Å². The van der Waals surface area contributed by atoms with Gasteiger partial charge in [0.15, 0.2) is 0 Å². The standard InChI is InChI=1S/C9H7FINO2/c1-14-8(13)3-2-6-7(11)4-5-12-9(6)10/h2-5H,1H3. The molecule has 1 aromatic rings. The summed E-state index contributed by atoms with van der Waals surface area (Å²) in [4.78, 5) is 14.2. The molecule has 0 aliphatic rings. The highest BCUT2D eigenvalue weighted by Crippen LogP contribution is 2.15. The van der Waals surface area contributed by atoms with Crippen LogP contribution in [-0.2, 0) is 9.53 Å². The van der Waals surface area contributed by atoms with Gasteiger partial charge in [-0.15, -0.1) is 0 Å². The van der Waals surface area contributed by atoms with Crippen LogP contribution in [0.25, 0.3) is 6.08 Å². The van der Waals surface area contributed by atoms with Crippen LogP contribution in [-0.4, -0.2) is 18.1 Å². The summed E-state index contributed by atoms with van der Waals surface area (Å²) in [5, 5.41) is 0. The first-order chi connectivity index (χ1) is 6.65. The van der Waals surface area contributed by atoms with Crippen molar-refractivity contribution < 1.29 is 13.9 Å². The fourth-order valence-corrected chi connectivity index (χ4v) is 1.36. The van der Waals surface area contributed by atoms with Crippen molar-refractivity contribution in [3.05, 3.63) is 33.4 Å². The fourth-order valence-electron chi connectivity index (χ4n) is 0.794. The average Bonchev–Trinajstić information content (AvgIpc) is 2.16. The van der Waals surface area contributed by atoms with Crippen molar-refractivity contribution >= 4 is 34.6 Å². The number of esters is 1. The first kappa shape index (κ1) is 11.1. The lowest BCUT2D eigenvalue weighted by molar-refractivity contribution is -0.134. The SMILES string of the molecule is COC(=O)C=Cc1c(I)ccnc1F. The molecule has 1 heterocycles. The van der Waals surface area contributed by atoms with E-state index in [1.807, 2.05) is 22.6 Å². The molecule has 1 rings (SSSR count). The lowest BCUT2D eigenvalue weighted by atomic mass is 10.2. The van der Waals surface area contributed by atoms with Crippen LogP contribution < -0.4 is 0 Å². The second kappa shape index (κ2) is 5.04. The van der Waals surface area contributed by atoms with Crippen LogP contribution in [0.1, 0.15) is 5.56 Å². The molecular weight excluding hydrogens is 300 g/mol. The van der Waals surface area contributed by atoms with E-state index in [0.717, 1.165) is 6.08 Å². The molecule has 0 saturated heterocycles. The Morgan fingerprint density at radius 3 is 3.00 bits per heavy atom. The van der Waals surface area contributed by atoms with Crippen molar-refractivity contribution in [3.63, 3.8) is 0 Å². The number of aromatic nitrogens is 1. The maximum Gasteiger partial charge on any atom is 0.330 e. The van der Waals surface area contributed by atoms with Gasteiger partial charge in [0.1, 0.15) is 0 Å². The van der Waals surface area contributed by atoms with Crippen LogP contribution in [0.3, 0.4) is 0 Å². The number of carbonyl (C=O) groups excluding carboxylic acids is 1. The minimum absolute atomic E-state index is 0.290. The molecule has 0 radical (unpaired) electrons. The molecular formula is C9H7FINO2. The van der Waals surface area contributed by atoms with Gasteiger partial charge in [0.05, 0.1) is 7.11 Å². The summed E-state index contributed by atoms with van der Waals surface area (Å²) in [6.07, 6.45) is 3.87. The molecule has 0 aromatic carbocycles. The van der Waals surface area contributed by atoms with Gasteiger partial charge in [0, 0.05) is 21.4 Å². The molecule has 0 atom stereocenters. The molecule has 0 spiro atoms. The quantitative estimate of drug-likeness (QED) is 0.363. The van der Waals surface area contributed by atoms with Crippen molar-refractivity contribution in [1.29, 1.82) is 0 Å². The minimum atomic E-state index is -0.600. The summed E-state index contributed by atoms with van der Waals surface area (Å²) < 4.78 is 18.2. The van der Waals surface area contributed by atoms with E-state index >= 15 is 0 Å². The van der Waals surface area contributed by atoms with Crippen molar-refractivity contribution in [2.45, 2.75) is 0 Å². The lowest BCUT2D eigenvalue weighted by Crippen LogP contribution is -1.95. The van der Waals surface area contributed by atoms with E-state index < -0.39 is 11.9 Å². The minimum Gasteiger partial charge on any atom is -0.466 e. The molecule has 3 nitrogen and oxygen atoms in total. The Balaban J connectivity index is 2.96. The van der Waals surface area contributed by atoms with Gasteiger partial charge >= 0.3 is 5.97 Å². The molecule has 0 aliphatic heterocycles. The normalized spacial score (nSPS) is 10.5. The molecule has 0 bridgehead atoms. The predicted octanol–water partition coefficient (Wildman–Crippen LogP) is 2.01. The van der Waals surface area contributed by atoms with Crippen LogP contribution in [0.15, 0.2) is 18.3 Å². The van der Waals surface area contributed by atoms with Crippen molar-refractivity contribution in [2.24, 2.45) is 0 Å². The number of halogens is 2. The zero-order chi connectivity index (χ0) is 10.6. The van der Waals surface area contributed by atoms with Gasteiger partial charge in [-0.1, -0.05) is 0 Å². The number of rotatable bonds is 2. The Morgan fingerprint density at radius 1 is 1.71 bits per heavy atom. The Kier molecular flexibility index (Phi) is 3.99. The highest BCUT2D eigenvalue weighted by Gasteiger charge is 2.04. The third kappa shape index (κ3) is 2.76. The molecule has 0 N–H and O–H groups in total. The summed E-state index contributed by atoms with van der Waals surface area (Å²) in [5.41, 5.74) is 0.290. The number of pyridine rings is 1. The van der Waals surface area contributed by atoms with Crippen molar-refractivity contribution in [2.75, 3.05) is 7.11 Å². The Morgan fingerprint density at radius 2 is 2.43 bits per heavy atom. The second-order valence-electron chi connectivity index (χ2n) is 2.35. The van der Waals surface area contributed by atoms with E-state index in [4.69, 9.17) is 0 Å². The van der Waals surface area contributed by atoms with Crippen molar-refractivity contribution in [3.8, 4) is 0 Å². The number of carbonyl (C=O) groups is 1. The highest BCUT2D eigenvalue weighted by atomic mass is 127. The van der Waals surface area contributed by atoms with Gasteiger partial charge < -0.3 is 4.74 Å². The molecule has 0 unspecified atom stereocenters. The summed E-state index contributed by atoms with van der Waals surface area (Å²) in [5.74, 6) is -1.12. The topological polar surface area (TPSA) is 39.2 Å². The number of methoxy groups -OCH3 is 1. The predicted molar refractivity (Wildman–Crippen MR) is 58.0 cm³/mol.